The van der Waals surface area contributed by atoms with Crippen LogP contribution < -0.4 is 10.1 Å². The fourth-order valence-electron chi connectivity index (χ4n) is 3.54. The van der Waals surface area contributed by atoms with Gasteiger partial charge in [-0.1, -0.05) is 23.7 Å². The maximum Gasteiger partial charge on any atom is 0.407 e. The van der Waals surface area contributed by atoms with E-state index in [1.165, 1.54) is 6.07 Å². The predicted octanol–water partition coefficient (Wildman–Crippen LogP) is 6.00. The predicted molar refractivity (Wildman–Crippen MR) is 114 cm³/mol. The van der Waals surface area contributed by atoms with Gasteiger partial charge < -0.3 is 14.8 Å². The third kappa shape index (κ3) is 6.59. The van der Waals surface area contributed by atoms with E-state index in [2.05, 4.69) is 10.3 Å². The summed E-state index contributed by atoms with van der Waals surface area (Å²) in [5.74, 6) is 0.378. The van der Waals surface area contributed by atoms with Crippen LogP contribution in [-0.4, -0.2) is 22.7 Å². The van der Waals surface area contributed by atoms with Gasteiger partial charge in [0.05, 0.1) is 0 Å². The standard InChI is InChI=1S/C23H28ClFN2O3/c1-23(2,3)30-22(28)26-18-11-8-15(9-12-18)20-5-4-6-21(27-20)29-14-16-7-10-17(24)13-19(16)25/h4-7,10,13,15,18H,8-9,11-12,14H2,1-3H3,(H,26,28). The van der Waals surface area contributed by atoms with Gasteiger partial charge in [0, 0.05) is 34.3 Å². The van der Waals surface area contributed by atoms with Gasteiger partial charge in [-0.25, -0.2) is 14.2 Å². The Morgan fingerprint density at radius 3 is 2.60 bits per heavy atom. The van der Waals surface area contributed by atoms with E-state index < -0.39 is 11.4 Å². The zero-order valence-corrected chi connectivity index (χ0v) is 18.3. The maximum absolute atomic E-state index is 13.9. The van der Waals surface area contributed by atoms with E-state index >= 15 is 0 Å². The number of pyridine rings is 1. The lowest BCUT2D eigenvalue weighted by atomic mass is 9.84. The molecule has 1 aromatic carbocycles. The van der Waals surface area contributed by atoms with Crippen LogP contribution in [0.3, 0.4) is 0 Å². The summed E-state index contributed by atoms with van der Waals surface area (Å²) in [4.78, 5) is 16.6. The number of halogens is 2. The number of amides is 1. The molecule has 1 aromatic heterocycles. The summed E-state index contributed by atoms with van der Waals surface area (Å²) in [7, 11) is 0. The molecule has 1 amide bonds. The Bertz CT molecular complexity index is 877. The van der Waals surface area contributed by atoms with Crippen LogP contribution in [0.2, 0.25) is 5.02 Å². The molecule has 3 rings (SSSR count). The van der Waals surface area contributed by atoms with Crippen LogP contribution in [0.5, 0.6) is 5.88 Å². The molecule has 0 spiro atoms. The fraction of sp³-hybridized carbons (Fsp3) is 0.478. The van der Waals surface area contributed by atoms with E-state index in [0.29, 0.717) is 22.4 Å². The van der Waals surface area contributed by atoms with Crippen LogP contribution in [0.1, 0.15) is 63.6 Å². The first-order valence-corrected chi connectivity index (χ1v) is 10.6. The van der Waals surface area contributed by atoms with Gasteiger partial charge in [-0.2, -0.15) is 0 Å². The Hall–Kier alpha value is -2.34. The van der Waals surface area contributed by atoms with Crippen molar-refractivity contribution in [2.75, 3.05) is 0 Å². The molecule has 0 radical (unpaired) electrons. The van der Waals surface area contributed by atoms with E-state index in [-0.39, 0.29) is 18.7 Å². The minimum absolute atomic E-state index is 0.0893. The van der Waals surface area contributed by atoms with Crippen molar-refractivity contribution in [3.8, 4) is 5.88 Å². The van der Waals surface area contributed by atoms with Gasteiger partial charge in [0.15, 0.2) is 0 Å². The third-order valence-corrected chi connectivity index (χ3v) is 5.24. The Balaban J connectivity index is 1.52. The van der Waals surface area contributed by atoms with Gasteiger partial charge in [-0.3, -0.25) is 0 Å². The van der Waals surface area contributed by atoms with Crippen LogP contribution in [0.25, 0.3) is 0 Å². The van der Waals surface area contributed by atoms with Crippen molar-refractivity contribution in [1.29, 1.82) is 0 Å². The molecule has 0 aliphatic heterocycles. The molecule has 1 heterocycles. The van der Waals surface area contributed by atoms with Crippen molar-refractivity contribution in [2.45, 2.75) is 70.6 Å². The van der Waals surface area contributed by atoms with Gasteiger partial charge >= 0.3 is 6.09 Å². The number of nitrogens with one attached hydrogen (secondary N) is 1. The summed E-state index contributed by atoms with van der Waals surface area (Å²) < 4.78 is 24.9. The number of alkyl carbamates (subject to hydrolysis) is 1. The summed E-state index contributed by atoms with van der Waals surface area (Å²) in [5.41, 5.74) is 0.890. The Kier molecular flexibility index (Phi) is 7.19. The molecule has 0 saturated heterocycles. The van der Waals surface area contributed by atoms with Crippen LogP contribution in [0.15, 0.2) is 36.4 Å². The average molecular weight is 435 g/mol. The normalized spacial score (nSPS) is 19.2. The van der Waals surface area contributed by atoms with Gasteiger partial charge in [-0.05, 0) is 64.7 Å². The lowest BCUT2D eigenvalue weighted by Crippen LogP contribution is -2.40. The second-order valence-corrected chi connectivity index (χ2v) is 9.06. The number of hydrogen-bond donors (Lipinski definition) is 1. The molecule has 7 heteroatoms. The number of carbonyl (C=O) groups excluding carboxylic acids is 1. The van der Waals surface area contributed by atoms with Gasteiger partial charge in [0.1, 0.15) is 18.0 Å². The summed E-state index contributed by atoms with van der Waals surface area (Å²) in [6.45, 7) is 5.65. The number of ether oxygens (including phenoxy) is 2. The summed E-state index contributed by atoms with van der Waals surface area (Å²) in [6.07, 6.45) is 3.21. The Labute approximate surface area is 181 Å². The van der Waals surface area contributed by atoms with Crippen molar-refractivity contribution in [3.05, 3.63) is 58.5 Å². The second-order valence-electron chi connectivity index (χ2n) is 8.62. The Morgan fingerprint density at radius 1 is 1.20 bits per heavy atom. The lowest BCUT2D eigenvalue weighted by Gasteiger charge is -2.30. The van der Waals surface area contributed by atoms with Crippen molar-refractivity contribution in [2.24, 2.45) is 0 Å². The molecule has 1 fully saturated rings. The van der Waals surface area contributed by atoms with Gasteiger partial charge in [-0.15, -0.1) is 0 Å². The molecule has 30 heavy (non-hydrogen) atoms. The second kappa shape index (κ2) is 9.65. The van der Waals surface area contributed by atoms with E-state index in [1.807, 2.05) is 32.9 Å². The first kappa shape index (κ1) is 22.3. The smallest absolute Gasteiger partial charge is 0.407 e. The zero-order valence-electron chi connectivity index (χ0n) is 17.6. The summed E-state index contributed by atoms with van der Waals surface area (Å²) >= 11 is 5.78. The first-order chi connectivity index (χ1) is 14.2. The fourth-order valence-corrected chi connectivity index (χ4v) is 3.70. The summed E-state index contributed by atoms with van der Waals surface area (Å²) in [5, 5.41) is 3.31. The highest BCUT2D eigenvalue weighted by Crippen LogP contribution is 2.33. The topological polar surface area (TPSA) is 60.5 Å². The van der Waals surface area contributed by atoms with Crippen LogP contribution >= 0.6 is 11.6 Å². The highest BCUT2D eigenvalue weighted by Gasteiger charge is 2.26. The van der Waals surface area contributed by atoms with E-state index in [4.69, 9.17) is 21.1 Å². The molecule has 0 bridgehead atoms. The molecular weight excluding hydrogens is 407 g/mol. The van der Waals surface area contributed by atoms with E-state index in [0.717, 1.165) is 31.4 Å². The molecule has 1 aliphatic rings. The minimum Gasteiger partial charge on any atom is -0.473 e. The lowest BCUT2D eigenvalue weighted by molar-refractivity contribution is 0.0491. The maximum atomic E-state index is 13.9. The number of benzene rings is 1. The SMILES string of the molecule is CC(C)(C)OC(=O)NC1CCC(c2cccc(OCc3ccc(Cl)cc3F)n2)CC1. The molecule has 5 nitrogen and oxygen atoms in total. The zero-order chi connectivity index (χ0) is 21.7. The quantitative estimate of drug-likeness (QED) is 0.626. The van der Waals surface area contributed by atoms with Crippen molar-refractivity contribution >= 4 is 17.7 Å². The minimum atomic E-state index is -0.499. The number of nitrogens with zero attached hydrogens (tertiary/aromatic N) is 1. The largest absolute Gasteiger partial charge is 0.473 e. The number of carbonyl (C=O) groups is 1. The van der Waals surface area contributed by atoms with Crippen LogP contribution in [0, 0.1) is 5.82 Å². The van der Waals surface area contributed by atoms with Crippen LogP contribution in [-0.2, 0) is 11.3 Å². The number of aromatic nitrogens is 1. The molecule has 0 atom stereocenters. The van der Waals surface area contributed by atoms with Gasteiger partial charge in [0.2, 0.25) is 5.88 Å². The third-order valence-electron chi connectivity index (χ3n) is 5.00. The van der Waals surface area contributed by atoms with E-state index in [1.54, 1.807) is 18.2 Å². The molecule has 162 valence electrons. The average Bonchev–Trinajstić information content (AvgIpc) is 2.66. The molecule has 1 saturated carbocycles. The highest BCUT2D eigenvalue weighted by atomic mass is 35.5. The first-order valence-electron chi connectivity index (χ1n) is 10.2. The molecule has 2 aromatic rings. The van der Waals surface area contributed by atoms with Crippen molar-refractivity contribution in [1.82, 2.24) is 10.3 Å². The molecule has 0 unspecified atom stereocenters. The monoisotopic (exact) mass is 434 g/mol. The molecule has 1 N–H and O–H groups in total. The number of rotatable bonds is 5. The molecule has 1 aliphatic carbocycles. The van der Waals surface area contributed by atoms with E-state index in [9.17, 15) is 9.18 Å². The van der Waals surface area contributed by atoms with Gasteiger partial charge in [0.25, 0.3) is 0 Å². The van der Waals surface area contributed by atoms with Crippen LogP contribution in [0.4, 0.5) is 9.18 Å². The Morgan fingerprint density at radius 2 is 1.93 bits per heavy atom. The van der Waals surface area contributed by atoms with Crippen molar-refractivity contribution < 1.29 is 18.7 Å². The highest BCUT2D eigenvalue weighted by molar-refractivity contribution is 6.30. The number of hydrogen-bond acceptors (Lipinski definition) is 4. The van der Waals surface area contributed by atoms with Crippen molar-refractivity contribution in [3.63, 3.8) is 0 Å². The molecular formula is C23H28ClFN2O3. The summed E-state index contributed by atoms with van der Waals surface area (Å²) in [6, 6.07) is 10.3.